The summed E-state index contributed by atoms with van der Waals surface area (Å²) in [5, 5.41) is 0.421. The van der Waals surface area contributed by atoms with Crippen LogP contribution in [0.3, 0.4) is 0 Å². The van der Waals surface area contributed by atoms with Gasteiger partial charge in [0.15, 0.2) is 5.78 Å². The first-order valence-electron chi connectivity index (χ1n) is 5.20. The number of pyridine rings is 1. The van der Waals surface area contributed by atoms with E-state index < -0.39 is 0 Å². The number of rotatable bonds is 5. The second-order valence-corrected chi connectivity index (χ2v) is 4.32. The second kappa shape index (κ2) is 5.82. The van der Waals surface area contributed by atoms with Crippen LogP contribution in [0.2, 0.25) is 5.02 Å². The lowest BCUT2D eigenvalue weighted by Crippen LogP contribution is -2.15. The monoisotopic (exact) mass is 241 g/mol. The molecule has 1 atom stereocenters. The first-order chi connectivity index (χ1) is 7.50. The number of carbonyl (C=O) groups excluding carboxylic acids is 1. The van der Waals surface area contributed by atoms with Gasteiger partial charge in [-0.1, -0.05) is 11.6 Å². The summed E-state index contributed by atoms with van der Waals surface area (Å²) in [6, 6.07) is 1.67. The van der Waals surface area contributed by atoms with Crippen molar-refractivity contribution in [2.45, 2.75) is 32.2 Å². The molecule has 1 unspecified atom stereocenters. The van der Waals surface area contributed by atoms with Gasteiger partial charge in [0.25, 0.3) is 0 Å². The van der Waals surface area contributed by atoms with E-state index in [1.54, 1.807) is 6.07 Å². The SMILES string of the molecule is CC(N)CCCC(=O)c1cc(Cl)cnc1N. The molecule has 4 nitrogen and oxygen atoms in total. The van der Waals surface area contributed by atoms with Gasteiger partial charge in [-0.25, -0.2) is 4.98 Å². The van der Waals surface area contributed by atoms with E-state index in [0.29, 0.717) is 17.0 Å². The third kappa shape index (κ3) is 3.79. The van der Waals surface area contributed by atoms with Gasteiger partial charge in [-0.3, -0.25) is 4.79 Å². The number of anilines is 1. The summed E-state index contributed by atoms with van der Waals surface area (Å²) in [4.78, 5) is 15.6. The number of ketones is 1. The van der Waals surface area contributed by atoms with Crippen molar-refractivity contribution in [1.29, 1.82) is 0 Å². The highest BCUT2D eigenvalue weighted by atomic mass is 35.5. The molecule has 0 aliphatic rings. The summed E-state index contributed by atoms with van der Waals surface area (Å²) in [7, 11) is 0. The molecule has 1 rings (SSSR count). The van der Waals surface area contributed by atoms with Gasteiger partial charge >= 0.3 is 0 Å². The maximum atomic E-state index is 11.8. The molecule has 0 bridgehead atoms. The van der Waals surface area contributed by atoms with Gasteiger partial charge in [0.2, 0.25) is 0 Å². The van der Waals surface area contributed by atoms with Crippen LogP contribution in [0.1, 0.15) is 36.5 Å². The normalized spacial score (nSPS) is 12.4. The number of nitrogens with zero attached hydrogens (tertiary/aromatic N) is 1. The Balaban J connectivity index is 2.62. The van der Waals surface area contributed by atoms with Gasteiger partial charge < -0.3 is 11.5 Å². The zero-order valence-electron chi connectivity index (χ0n) is 9.24. The Kier molecular flexibility index (Phi) is 4.71. The predicted octanol–water partition coefficient (Wildman–Crippen LogP) is 2.02. The molecular formula is C11H16ClN3O. The minimum absolute atomic E-state index is 0.0341. The third-order valence-electron chi connectivity index (χ3n) is 2.25. The number of hydrogen-bond donors (Lipinski definition) is 2. The molecule has 1 heterocycles. The highest BCUT2D eigenvalue weighted by Gasteiger charge is 2.11. The van der Waals surface area contributed by atoms with Gasteiger partial charge in [0.1, 0.15) is 5.82 Å². The molecule has 0 aromatic carbocycles. The lowest BCUT2D eigenvalue weighted by molar-refractivity contribution is 0.0979. The predicted molar refractivity (Wildman–Crippen MR) is 65.5 cm³/mol. The molecule has 0 spiro atoms. The van der Waals surface area contributed by atoms with Crippen LogP contribution in [0.25, 0.3) is 0 Å². The first-order valence-corrected chi connectivity index (χ1v) is 5.58. The summed E-state index contributed by atoms with van der Waals surface area (Å²) >= 11 is 5.76. The average molecular weight is 242 g/mol. The van der Waals surface area contributed by atoms with E-state index in [9.17, 15) is 4.79 Å². The second-order valence-electron chi connectivity index (χ2n) is 3.88. The molecule has 16 heavy (non-hydrogen) atoms. The smallest absolute Gasteiger partial charge is 0.166 e. The van der Waals surface area contributed by atoms with Crippen molar-refractivity contribution in [1.82, 2.24) is 4.98 Å². The van der Waals surface area contributed by atoms with E-state index in [-0.39, 0.29) is 17.6 Å². The lowest BCUT2D eigenvalue weighted by Gasteiger charge is -2.06. The fourth-order valence-electron chi connectivity index (χ4n) is 1.39. The Morgan fingerprint density at radius 1 is 1.62 bits per heavy atom. The average Bonchev–Trinajstić information content (AvgIpc) is 2.21. The van der Waals surface area contributed by atoms with E-state index in [4.69, 9.17) is 23.1 Å². The number of carbonyl (C=O) groups is 1. The van der Waals surface area contributed by atoms with E-state index in [0.717, 1.165) is 12.8 Å². The summed E-state index contributed by atoms with van der Waals surface area (Å²) in [5.74, 6) is 0.198. The molecule has 0 radical (unpaired) electrons. The van der Waals surface area contributed by atoms with Crippen molar-refractivity contribution in [3.63, 3.8) is 0 Å². The largest absolute Gasteiger partial charge is 0.383 e. The van der Waals surface area contributed by atoms with Crippen LogP contribution in [-0.4, -0.2) is 16.8 Å². The van der Waals surface area contributed by atoms with E-state index in [1.165, 1.54) is 6.20 Å². The summed E-state index contributed by atoms with van der Waals surface area (Å²) < 4.78 is 0. The third-order valence-corrected chi connectivity index (χ3v) is 2.46. The Labute approximate surface area is 100.0 Å². The molecule has 0 aliphatic carbocycles. The number of aromatic nitrogens is 1. The van der Waals surface area contributed by atoms with Crippen molar-refractivity contribution < 1.29 is 4.79 Å². The molecule has 0 fully saturated rings. The van der Waals surface area contributed by atoms with Crippen molar-refractivity contribution in [3.05, 3.63) is 22.8 Å². The molecular weight excluding hydrogens is 226 g/mol. The Morgan fingerprint density at radius 3 is 2.94 bits per heavy atom. The van der Waals surface area contributed by atoms with E-state index in [2.05, 4.69) is 4.98 Å². The highest BCUT2D eigenvalue weighted by Crippen LogP contribution is 2.17. The molecule has 0 saturated carbocycles. The highest BCUT2D eigenvalue weighted by molar-refractivity contribution is 6.31. The van der Waals surface area contributed by atoms with Crippen molar-refractivity contribution >= 4 is 23.2 Å². The maximum Gasteiger partial charge on any atom is 0.166 e. The topological polar surface area (TPSA) is 82.0 Å². The molecule has 4 N–H and O–H groups in total. The Morgan fingerprint density at radius 2 is 2.31 bits per heavy atom. The Hall–Kier alpha value is -1.13. The van der Waals surface area contributed by atoms with Crippen LogP contribution < -0.4 is 11.5 Å². The first kappa shape index (κ1) is 12.9. The number of nitrogens with two attached hydrogens (primary N) is 2. The fourth-order valence-corrected chi connectivity index (χ4v) is 1.55. The van der Waals surface area contributed by atoms with Gasteiger partial charge in [0, 0.05) is 18.7 Å². The van der Waals surface area contributed by atoms with Crippen molar-refractivity contribution in [3.8, 4) is 0 Å². The zero-order valence-corrected chi connectivity index (χ0v) is 10.00. The van der Waals surface area contributed by atoms with Gasteiger partial charge in [-0.05, 0) is 25.8 Å². The molecule has 0 saturated heterocycles. The number of halogens is 1. The molecule has 5 heteroatoms. The number of Topliss-reactive ketones (excluding diaryl/α,β-unsaturated/α-hetero) is 1. The van der Waals surface area contributed by atoms with Crippen molar-refractivity contribution in [2.75, 3.05) is 5.73 Å². The number of nitrogen functional groups attached to an aromatic ring is 1. The van der Waals surface area contributed by atoms with Crippen molar-refractivity contribution in [2.24, 2.45) is 5.73 Å². The summed E-state index contributed by atoms with van der Waals surface area (Å²) in [5.41, 5.74) is 11.6. The van der Waals surface area contributed by atoms with Crippen LogP contribution in [0, 0.1) is 0 Å². The maximum absolute atomic E-state index is 11.8. The van der Waals surface area contributed by atoms with Crippen LogP contribution in [0.15, 0.2) is 12.3 Å². The Bertz CT molecular complexity index is 379. The van der Waals surface area contributed by atoms with Crippen LogP contribution in [0.4, 0.5) is 5.82 Å². The van der Waals surface area contributed by atoms with E-state index in [1.807, 2.05) is 6.92 Å². The summed E-state index contributed by atoms with van der Waals surface area (Å²) in [6.45, 7) is 1.92. The van der Waals surface area contributed by atoms with Crippen LogP contribution in [-0.2, 0) is 0 Å². The summed E-state index contributed by atoms with van der Waals surface area (Å²) in [6.07, 6.45) is 3.42. The quantitative estimate of drug-likeness (QED) is 0.773. The van der Waals surface area contributed by atoms with Gasteiger partial charge in [-0.15, -0.1) is 0 Å². The fraction of sp³-hybridized carbons (Fsp3) is 0.455. The van der Waals surface area contributed by atoms with Crippen LogP contribution >= 0.6 is 11.6 Å². The van der Waals surface area contributed by atoms with E-state index >= 15 is 0 Å². The number of hydrogen-bond acceptors (Lipinski definition) is 4. The van der Waals surface area contributed by atoms with Gasteiger partial charge in [0.05, 0.1) is 10.6 Å². The van der Waals surface area contributed by atoms with Crippen LogP contribution in [0.5, 0.6) is 0 Å². The minimum atomic E-state index is -0.0341. The zero-order chi connectivity index (χ0) is 12.1. The molecule has 1 aromatic rings. The standard InChI is InChI=1S/C11H16ClN3O/c1-7(13)3-2-4-10(16)9-5-8(12)6-15-11(9)14/h5-7H,2-4,13H2,1H3,(H2,14,15). The molecule has 0 aliphatic heterocycles. The molecule has 1 aromatic heterocycles. The minimum Gasteiger partial charge on any atom is -0.383 e. The lowest BCUT2D eigenvalue weighted by atomic mass is 10.0. The molecule has 0 amide bonds. The van der Waals surface area contributed by atoms with Gasteiger partial charge in [-0.2, -0.15) is 0 Å². The molecule has 88 valence electrons.